The molecule has 5 nitrogen and oxygen atoms in total. The maximum absolute atomic E-state index is 11.7. The van der Waals surface area contributed by atoms with E-state index < -0.39 is 5.91 Å². The number of carbonyl (C=O) groups is 1. The SMILES string of the molecule is CCN/C=C(/C#N)C(=O)Nc1ccc(OC)cc1. The van der Waals surface area contributed by atoms with Crippen LogP contribution < -0.4 is 15.4 Å². The lowest BCUT2D eigenvalue weighted by molar-refractivity contribution is -0.112. The number of hydrogen-bond donors (Lipinski definition) is 2. The van der Waals surface area contributed by atoms with Crippen molar-refractivity contribution in [3.63, 3.8) is 0 Å². The second kappa shape index (κ2) is 6.97. The summed E-state index contributed by atoms with van der Waals surface area (Å²) in [5, 5.41) is 14.3. The quantitative estimate of drug-likeness (QED) is 0.611. The first-order valence-corrected chi connectivity index (χ1v) is 5.50. The largest absolute Gasteiger partial charge is 0.497 e. The van der Waals surface area contributed by atoms with Crippen molar-refractivity contribution in [1.82, 2.24) is 5.32 Å². The molecule has 1 aromatic rings. The summed E-state index contributed by atoms with van der Waals surface area (Å²) in [5.74, 6) is 0.264. The number of hydrogen-bond acceptors (Lipinski definition) is 4. The number of amides is 1. The van der Waals surface area contributed by atoms with Crippen LogP contribution in [0.15, 0.2) is 36.0 Å². The van der Waals surface area contributed by atoms with Crippen LogP contribution in [0.5, 0.6) is 5.75 Å². The fourth-order valence-corrected chi connectivity index (χ4v) is 1.23. The minimum Gasteiger partial charge on any atom is -0.497 e. The van der Waals surface area contributed by atoms with E-state index >= 15 is 0 Å². The molecule has 2 N–H and O–H groups in total. The Morgan fingerprint density at radius 1 is 1.44 bits per heavy atom. The molecule has 0 aliphatic heterocycles. The highest BCUT2D eigenvalue weighted by molar-refractivity contribution is 6.06. The zero-order valence-electron chi connectivity index (χ0n) is 10.4. The number of nitrogens with one attached hydrogen (secondary N) is 2. The number of anilines is 1. The fraction of sp³-hybridized carbons (Fsp3) is 0.231. The molecule has 18 heavy (non-hydrogen) atoms. The summed E-state index contributed by atoms with van der Waals surface area (Å²) in [5.41, 5.74) is 0.645. The van der Waals surface area contributed by atoms with Crippen LogP contribution in [-0.2, 0) is 4.79 Å². The molecule has 0 atom stereocenters. The van der Waals surface area contributed by atoms with Crippen molar-refractivity contribution >= 4 is 11.6 Å². The van der Waals surface area contributed by atoms with Crippen LogP contribution in [0.2, 0.25) is 0 Å². The van der Waals surface area contributed by atoms with Gasteiger partial charge in [-0.2, -0.15) is 5.26 Å². The molecule has 5 heteroatoms. The summed E-state index contributed by atoms with van der Waals surface area (Å²) in [6, 6.07) is 8.72. The van der Waals surface area contributed by atoms with Crippen LogP contribution in [0, 0.1) is 11.3 Å². The van der Waals surface area contributed by atoms with Crippen LogP contribution in [0.4, 0.5) is 5.69 Å². The van der Waals surface area contributed by atoms with E-state index in [2.05, 4.69) is 10.6 Å². The topological polar surface area (TPSA) is 74.2 Å². The number of methoxy groups -OCH3 is 1. The van der Waals surface area contributed by atoms with Crippen molar-refractivity contribution in [3.05, 3.63) is 36.0 Å². The number of rotatable bonds is 5. The highest BCUT2D eigenvalue weighted by atomic mass is 16.5. The minimum absolute atomic E-state index is 0.0349. The molecule has 0 heterocycles. The molecule has 0 spiro atoms. The maximum atomic E-state index is 11.7. The van der Waals surface area contributed by atoms with E-state index in [9.17, 15) is 4.79 Å². The third-order valence-electron chi connectivity index (χ3n) is 2.16. The molecule has 0 aliphatic carbocycles. The lowest BCUT2D eigenvalue weighted by Crippen LogP contribution is -2.16. The van der Waals surface area contributed by atoms with Crippen LogP contribution in [0.1, 0.15) is 6.92 Å². The summed E-state index contributed by atoms with van der Waals surface area (Å²) >= 11 is 0. The minimum atomic E-state index is -0.441. The average Bonchev–Trinajstić information content (AvgIpc) is 2.40. The summed E-state index contributed by atoms with van der Waals surface area (Å²) < 4.78 is 5.01. The molecule has 0 aliphatic rings. The molecule has 94 valence electrons. The molecule has 0 bridgehead atoms. The second-order valence-corrected chi connectivity index (χ2v) is 3.41. The first-order chi connectivity index (χ1) is 8.71. The molecule has 0 radical (unpaired) electrons. The lowest BCUT2D eigenvalue weighted by Gasteiger charge is -2.05. The van der Waals surface area contributed by atoms with Crippen molar-refractivity contribution in [3.8, 4) is 11.8 Å². The molecule has 0 unspecified atom stereocenters. The normalized spacial score (nSPS) is 10.4. The van der Waals surface area contributed by atoms with Gasteiger partial charge in [0.1, 0.15) is 17.4 Å². The first-order valence-electron chi connectivity index (χ1n) is 5.50. The summed E-state index contributed by atoms with van der Waals surface area (Å²) in [7, 11) is 1.57. The predicted molar refractivity (Wildman–Crippen MR) is 69.0 cm³/mol. The number of benzene rings is 1. The van der Waals surface area contributed by atoms with Gasteiger partial charge >= 0.3 is 0 Å². The van der Waals surface area contributed by atoms with Crippen LogP contribution in [0.25, 0.3) is 0 Å². The van der Waals surface area contributed by atoms with E-state index in [-0.39, 0.29) is 5.57 Å². The van der Waals surface area contributed by atoms with Gasteiger partial charge in [0, 0.05) is 18.4 Å². The third-order valence-corrected chi connectivity index (χ3v) is 2.16. The Bertz CT molecular complexity index is 472. The van der Waals surface area contributed by atoms with Gasteiger partial charge in [-0.3, -0.25) is 4.79 Å². The molecule has 0 saturated heterocycles. The van der Waals surface area contributed by atoms with Crippen molar-refractivity contribution in [2.24, 2.45) is 0 Å². The van der Waals surface area contributed by atoms with Crippen molar-refractivity contribution in [2.75, 3.05) is 19.0 Å². The van der Waals surface area contributed by atoms with E-state index in [1.54, 1.807) is 31.4 Å². The van der Waals surface area contributed by atoms with E-state index in [1.165, 1.54) is 6.20 Å². The maximum Gasteiger partial charge on any atom is 0.267 e. The van der Waals surface area contributed by atoms with Gasteiger partial charge in [0.2, 0.25) is 0 Å². The van der Waals surface area contributed by atoms with Gasteiger partial charge in [0.15, 0.2) is 0 Å². The Balaban J connectivity index is 2.71. The highest BCUT2D eigenvalue weighted by Crippen LogP contribution is 2.15. The second-order valence-electron chi connectivity index (χ2n) is 3.41. The van der Waals surface area contributed by atoms with E-state index in [1.807, 2.05) is 13.0 Å². The van der Waals surface area contributed by atoms with E-state index in [0.29, 0.717) is 18.0 Å². The molecule has 0 fully saturated rings. The number of carbonyl (C=O) groups excluding carboxylic acids is 1. The first kappa shape index (κ1) is 13.6. The fourth-order valence-electron chi connectivity index (χ4n) is 1.23. The molecular formula is C13H15N3O2. The van der Waals surface area contributed by atoms with Gasteiger partial charge in [-0.05, 0) is 31.2 Å². The third kappa shape index (κ3) is 3.83. The Hall–Kier alpha value is -2.48. The smallest absolute Gasteiger partial charge is 0.267 e. The van der Waals surface area contributed by atoms with Gasteiger partial charge < -0.3 is 15.4 Å². The van der Waals surface area contributed by atoms with Crippen LogP contribution in [-0.4, -0.2) is 19.6 Å². The Kier molecular flexibility index (Phi) is 5.26. The standard InChI is InChI=1S/C13H15N3O2/c1-3-15-9-10(8-14)13(17)16-11-4-6-12(18-2)7-5-11/h4-7,9,15H,3H2,1-2H3,(H,16,17)/b10-9-. The van der Waals surface area contributed by atoms with Gasteiger partial charge in [-0.1, -0.05) is 0 Å². The molecule has 1 aromatic carbocycles. The number of ether oxygens (including phenoxy) is 1. The highest BCUT2D eigenvalue weighted by Gasteiger charge is 2.08. The number of nitrogens with zero attached hydrogens (tertiary/aromatic N) is 1. The summed E-state index contributed by atoms with van der Waals surface area (Å²) in [6.07, 6.45) is 1.40. The van der Waals surface area contributed by atoms with E-state index in [0.717, 1.165) is 0 Å². The van der Waals surface area contributed by atoms with Crippen molar-refractivity contribution in [1.29, 1.82) is 5.26 Å². The molecular weight excluding hydrogens is 230 g/mol. The number of nitriles is 1. The van der Waals surface area contributed by atoms with Gasteiger partial charge in [0.25, 0.3) is 5.91 Å². The lowest BCUT2D eigenvalue weighted by atomic mass is 10.2. The molecule has 0 saturated carbocycles. The van der Waals surface area contributed by atoms with Crippen molar-refractivity contribution < 1.29 is 9.53 Å². The molecule has 0 aromatic heterocycles. The monoisotopic (exact) mass is 245 g/mol. The molecule has 1 rings (SSSR count). The zero-order valence-corrected chi connectivity index (χ0v) is 10.4. The summed E-state index contributed by atoms with van der Waals surface area (Å²) in [4.78, 5) is 11.7. The zero-order chi connectivity index (χ0) is 13.4. The predicted octanol–water partition coefficient (Wildman–Crippen LogP) is 1.65. The average molecular weight is 245 g/mol. The van der Waals surface area contributed by atoms with Crippen molar-refractivity contribution in [2.45, 2.75) is 6.92 Å². The Morgan fingerprint density at radius 3 is 2.61 bits per heavy atom. The van der Waals surface area contributed by atoms with Gasteiger partial charge in [-0.25, -0.2) is 0 Å². The van der Waals surface area contributed by atoms with Gasteiger partial charge in [-0.15, -0.1) is 0 Å². The van der Waals surface area contributed by atoms with Crippen LogP contribution >= 0.6 is 0 Å². The van der Waals surface area contributed by atoms with Crippen LogP contribution in [0.3, 0.4) is 0 Å². The van der Waals surface area contributed by atoms with Gasteiger partial charge in [0.05, 0.1) is 7.11 Å². The Labute approximate surface area is 106 Å². The summed E-state index contributed by atoms with van der Waals surface area (Å²) in [6.45, 7) is 2.54. The van der Waals surface area contributed by atoms with E-state index in [4.69, 9.17) is 10.00 Å². The Morgan fingerprint density at radius 2 is 2.11 bits per heavy atom. The molecule has 1 amide bonds.